The van der Waals surface area contributed by atoms with E-state index in [1.165, 1.54) is 12.8 Å². The lowest BCUT2D eigenvalue weighted by atomic mass is 9.93. The van der Waals surface area contributed by atoms with Gasteiger partial charge in [0.05, 0.1) is 11.5 Å². The summed E-state index contributed by atoms with van der Waals surface area (Å²) in [5.41, 5.74) is 5.59. The molecule has 0 saturated carbocycles. The lowest BCUT2D eigenvalue weighted by Gasteiger charge is -2.36. The summed E-state index contributed by atoms with van der Waals surface area (Å²) >= 11 is 0. The number of nitrogens with zero attached hydrogens (tertiary/aromatic N) is 1. The molecule has 2 rings (SSSR count). The average Bonchev–Trinajstić information content (AvgIpc) is 2.60. The molecule has 2 atom stereocenters. The molecule has 2 aliphatic heterocycles. The predicted molar refractivity (Wildman–Crippen MR) is 65.0 cm³/mol. The molecule has 4 nitrogen and oxygen atoms in total. The van der Waals surface area contributed by atoms with Crippen LogP contribution < -0.4 is 5.73 Å². The molecule has 2 unspecified atom stereocenters. The van der Waals surface area contributed by atoms with Gasteiger partial charge in [0.15, 0.2) is 9.84 Å². The van der Waals surface area contributed by atoms with Crippen LogP contribution in [0.5, 0.6) is 0 Å². The Balaban J connectivity index is 1.90. The molecule has 2 saturated heterocycles. The number of hydrogen-bond donors (Lipinski definition) is 1. The van der Waals surface area contributed by atoms with E-state index in [1.807, 2.05) is 0 Å². The summed E-state index contributed by atoms with van der Waals surface area (Å²) in [6.45, 7) is 2.88. The third-order valence-electron chi connectivity index (χ3n) is 3.85. The summed E-state index contributed by atoms with van der Waals surface area (Å²) in [4.78, 5) is 2.38. The first kappa shape index (κ1) is 12.3. The fourth-order valence-electron chi connectivity index (χ4n) is 2.96. The Kier molecular flexibility index (Phi) is 3.87. The zero-order chi connectivity index (χ0) is 11.6. The summed E-state index contributed by atoms with van der Waals surface area (Å²) < 4.78 is 22.9. The van der Waals surface area contributed by atoms with Crippen LogP contribution in [0.4, 0.5) is 0 Å². The molecule has 0 aromatic rings. The molecular formula is C11H22N2O2S. The number of sulfone groups is 1. The van der Waals surface area contributed by atoms with Crippen LogP contribution in [0.2, 0.25) is 0 Å². The Morgan fingerprint density at radius 3 is 2.75 bits per heavy atom. The summed E-state index contributed by atoms with van der Waals surface area (Å²) in [6.07, 6.45) is 4.36. The molecule has 2 aliphatic rings. The van der Waals surface area contributed by atoms with Crippen LogP contribution in [-0.4, -0.2) is 50.5 Å². The highest BCUT2D eigenvalue weighted by Crippen LogP contribution is 2.25. The van der Waals surface area contributed by atoms with Gasteiger partial charge in [0.1, 0.15) is 0 Å². The Bertz CT molecular complexity index is 327. The highest BCUT2D eigenvalue weighted by molar-refractivity contribution is 7.91. The summed E-state index contributed by atoms with van der Waals surface area (Å²) in [5.74, 6) is 1.44. The van der Waals surface area contributed by atoms with Gasteiger partial charge in [0, 0.05) is 12.6 Å². The highest BCUT2D eigenvalue weighted by Gasteiger charge is 2.34. The van der Waals surface area contributed by atoms with Gasteiger partial charge in [-0.15, -0.1) is 0 Å². The van der Waals surface area contributed by atoms with Crippen molar-refractivity contribution in [2.75, 3.05) is 31.1 Å². The second-order valence-corrected chi connectivity index (χ2v) is 7.37. The maximum Gasteiger partial charge on any atom is 0.151 e. The van der Waals surface area contributed by atoms with Crippen molar-refractivity contribution in [3.8, 4) is 0 Å². The normalized spacial score (nSPS) is 35.3. The molecule has 0 spiro atoms. The Morgan fingerprint density at radius 2 is 2.12 bits per heavy atom. The van der Waals surface area contributed by atoms with E-state index in [2.05, 4.69) is 4.90 Å². The zero-order valence-electron chi connectivity index (χ0n) is 9.77. The van der Waals surface area contributed by atoms with Crippen molar-refractivity contribution < 1.29 is 8.42 Å². The maximum atomic E-state index is 11.4. The van der Waals surface area contributed by atoms with Gasteiger partial charge in [-0.25, -0.2) is 8.42 Å². The van der Waals surface area contributed by atoms with Crippen LogP contribution >= 0.6 is 0 Å². The predicted octanol–water partition coefficient (Wildman–Crippen LogP) is 0.234. The summed E-state index contributed by atoms with van der Waals surface area (Å²) in [5, 5.41) is 0. The van der Waals surface area contributed by atoms with Crippen molar-refractivity contribution >= 4 is 9.84 Å². The molecule has 16 heavy (non-hydrogen) atoms. The molecule has 0 bridgehead atoms. The topological polar surface area (TPSA) is 63.4 Å². The second-order valence-electron chi connectivity index (χ2n) is 5.14. The van der Waals surface area contributed by atoms with E-state index < -0.39 is 9.84 Å². The number of piperidine rings is 1. The van der Waals surface area contributed by atoms with Gasteiger partial charge in [-0.2, -0.15) is 0 Å². The van der Waals surface area contributed by atoms with Crippen molar-refractivity contribution in [2.24, 2.45) is 11.7 Å². The van der Waals surface area contributed by atoms with Crippen LogP contribution in [0, 0.1) is 5.92 Å². The highest BCUT2D eigenvalue weighted by atomic mass is 32.2. The van der Waals surface area contributed by atoms with Crippen LogP contribution in [0.15, 0.2) is 0 Å². The summed E-state index contributed by atoms with van der Waals surface area (Å²) in [7, 11) is -2.74. The lowest BCUT2D eigenvalue weighted by molar-refractivity contribution is 0.131. The van der Waals surface area contributed by atoms with Crippen molar-refractivity contribution in [2.45, 2.75) is 31.7 Å². The van der Waals surface area contributed by atoms with E-state index >= 15 is 0 Å². The van der Waals surface area contributed by atoms with E-state index in [4.69, 9.17) is 5.73 Å². The maximum absolute atomic E-state index is 11.4. The molecule has 0 amide bonds. The smallest absolute Gasteiger partial charge is 0.151 e. The third kappa shape index (κ3) is 2.96. The molecule has 5 heteroatoms. The fourth-order valence-corrected chi connectivity index (χ4v) is 4.73. The number of likely N-dealkylation sites (tertiary alicyclic amines) is 1. The van der Waals surface area contributed by atoms with Crippen LogP contribution in [0.3, 0.4) is 0 Å². The molecule has 2 fully saturated rings. The minimum Gasteiger partial charge on any atom is -0.330 e. The van der Waals surface area contributed by atoms with Crippen LogP contribution in [-0.2, 0) is 9.84 Å². The second kappa shape index (κ2) is 5.02. The van der Waals surface area contributed by atoms with E-state index in [1.54, 1.807) is 0 Å². The van der Waals surface area contributed by atoms with Crippen LogP contribution in [0.1, 0.15) is 25.7 Å². The number of nitrogens with two attached hydrogens (primary N) is 1. The van der Waals surface area contributed by atoms with Crippen molar-refractivity contribution in [3.63, 3.8) is 0 Å². The molecule has 0 radical (unpaired) electrons. The standard InChI is InChI=1S/C11H22N2O2S/c12-5-3-10-2-1-6-13(8-10)11-4-7-16(14,15)9-11/h10-11H,1-9,12H2. The van der Waals surface area contributed by atoms with Gasteiger partial charge >= 0.3 is 0 Å². The van der Waals surface area contributed by atoms with Gasteiger partial charge in [-0.3, -0.25) is 4.90 Å². The van der Waals surface area contributed by atoms with Gasteiger partial charge < -0.3 is 5.73 Å². The van der Waals surface area contributed by atoms with Gasteiger partial charge in [0.25, 0.3) is 0 Å². The first-order valence-electron chi connectivity index (χ1n) is 6.25. The van der Waals surface area contributed by atoms with E-state index in [0.717, 1.165) is 32.5 Å². The summed E-state index contributed by atoms with van der Waals surface area (Å²) in [6, 6.07) is 0.283. The van der Waals surface area contributed by atoms with Crippen LogP contribution in [0.25, 0.3) is 0 Å². The molecule has 94 valence electrons. The molecule has 0 aromatic carbocycles. The lowest BCUT2D eigenvalue weighted by Crippen LogP contribution is -2.43. The van der Waals surface area contributed by atoms with Crippen molar-refractivity contribution in [3.05, 3.63) is 0 Å². The molecule has 0 aliphatic carbocycles. The van der Waals surface area contributed by atoms with E-state index in [-0.39, 0.29) is 6.04 Å². The van der Waals surface area contributed by atoms with E-state index in [9.17, 15) is 8.42 Å². The van der Waals surface area contributed by atoms with Crippen molar-refractivity contribution in [1.29, 1.82) is 0 Å². The zero-order valence-corrected chi connectivity index (χ0v) is 10.6. The molecule has 2 N–H and O–H groups in total. The Hall–Kier alpha value is -0.130. The minimum absolute atomic E-state index is 0.283. The first-order chi connectivity index (χ1) is 7.61. The van der Waals surface area contributed by atoms with E-state index in [0.29, 0.717) is 17.4 Å². The first-order valence-corrected chi connectivity index (χ1v) is 8.07. The fraction of sp³-hybridized carbons (Fsp3) is 1.00. The Labute approximate surface area is 98.1 Å². The van der Waals surface area contributed by atoms with Crippen molar-refractivity contribution in [1.82, 2.24) is 4.90 Å². The van der Waals surface area contributed by atoms with Gasteiger partial charge in [0.2, 0.25) is 0 Å². The SMILES string of the molecule is NCCC1CCCN(C2CCS(=O)(=O)C2)C1. The molecular weight excluding hydrogens is 224 g/mol. The third-order valence-corrected chi connectivity index (χ3v) is 5.60. The Morgan fingerprint density at radius 1 is 1.31 bits per heavy atom. The number of hydrogen-bond acceptors (Lipinski definition) is 4. The average molecular weight is 246 g/mol. The largest absolute Gasteiger partial charge is 0.330 e. The molecule has 0 aromatic heterocycles. The molecule has 2 heterocycles. The monoisotopic (exact) mass is 246 g/mol. The minimum atomic E-state index is -2.74. The van der Waals surface area contributed by atoms with Gasteiger partial charge in [-0.05, 0) is 44.7 Å². The number of rotatable bonds is 3. The van der Waals surface area contributed by atoms with Gasteiger partial charge in [-0.1, -0.05) is 0 Å². The quantitative estimate of drug-likeness (QED) is 0.774.